The molecular weight excluding hydrogens is 306 g/mol. The molecule has 0 saturated carbocycles. The van der Waals surface area contributed by atoms with Crippen LogP contribution < -0.4 is 0 Å². The quantitative estimate of drug-likeness (QED) is 0.846. The Labute approximate surface area is 140 Å². The molecule has 122 valence electrons. The molecule has 5 heteroatoms. The lowest BCUT2D eigenvalue weighted by molar-refractivity contribution is 0.264. The molecule has 4 nitrogen and oxygen atoms in total. The molecule has 0 bridgehead atoms. The van der Waals surface area contributed by atoms with Crippen molar-refractivity contribution >= 4 is 10.8 Å². The molecule has 1 aliphatic heterocycles. The van der Waals surface area contributed by atoms with Crippen molar-refractivity contribution in [3.05, 3.63) is 53.6 Å². The molecule has 2 heterocycles. The van der Waals surface area contributed by atoms with Crippen LogP contribution in [0, 0.1) is 0 Å². The number of fused-ring (bicyclic) bond motifs is 1. The highest BCUT2D eigenvalue weighted by Crippen LogP contribution is 2.19. The second-order valence-corrected chi connectivity index (χ2v) is 7.81. The van der Waals surface area contributed by atoms with Crippen molar-refractivity contribution in [3.63, 3.8) is 0 Å². The minimum absolute atomic E-state index is 0.348. The second-order valence-electron chi connectivity index (χ2n) is 6.24. The van der Waals surface area contributed by atoms with E-state index in [9.17, 15) is 4.21 Å². The van der Waals surface area contributed by atoms with Gasteiger partial charge in [0.2, 0.25) is 0 Å². The zero-order valence-electron chi connectivity index (χ0n) is 13.7. The van der Waals surface area contributed by atoms with Gasteiger partial charge in [-0.3, -0.25) is 9.11 Å². The maximum absolute atomic E-state index is 12.3. The van der Waals surface area contributed by atoms with Gasteiger partial charge in [0.05, 0.1) is 16.5 Å². The van der Waals surface area contributed by atoms with Crippen LogP contribution in [0.3, 0.4) is 0 Å². The number of rotatable bonds is 5. The highest BCUT2D eigenvalue weighted by Gasteiger charge is 2.19. The van der Waals surface area contributed by atoms with Crippen LogP contribution in [0.4, 0.5) is 0 Å². The van der Waals surface area contributed by atoms with E-state index in [-0.39, 0.29) is 0 Å². The van der Waals surface area contributed by atoms with E-state index in [1.807, 2.05) is 36.5 Å². The van der Waals surface area contributed by atoms with Gasteiger partial charge in [-0.25, -0.2) is 9.97 Å². The average molecular weight is 329 g/mol. The van der Waals surface area contributed by atoms with Gasteiger partial charge in [0.15, 0.2) is 0 Å². The first-order valence-corrected chi connectivity index (χ1v) is 9.46. The Morgan fingerprint density at radius 3 is 2.78 bits per heavy atom. The third-order valence-electron chi connectivity index (χ3n) is 4.16. The summed E-state index contributed by atoms with van der Waals surface area (Å²) in [6.45, 7) is 6.89. The predicted molar refractivity (Wildman–Crippen MR) is 92.8 cm³/mol. The second kappa shape index (κ2) is 7.32. The molecule has 0 N–H and O–H groups in total. The highest BCUT2D eigenvalue weighted by atomic mass is 32.2. The van der Waals surface area contributed by atoms with E-state index in [4.69, 9.17) is 4.98 Å². The molecule has 1 aromatic heterocycles. The first kappa shape index (κ1) is 16.3. The zero-order chi connectivity index (χ0) is 16.2. The summed E-state index contributed by atoms with van der Waals surface area (Å²) < 4.78 is 12.3. The van der Waals surface area contributed by atoms with Crippen molar-refractivity contribution in [1.82, 2.24) is 14.9 Å². The van der Waals surface area contributed by atoms with E-state index in [1.54, 1.807) is 0 Å². The molecule has 0 amide bonds. The van der Waals surface area contributed by atoms with Crippen molar-refractivity contribution in [3.8, 4) is 0 Å². The van der Waals surface area contributed by atoms with Gasteiger partial charge in [0.25, 0.3) is 0 Å². The SMILES string of the molecule is CC(C)c1ncc2c(n1)CN(CC[S@@](=O)c1ccccc1)CC2. The van der Waals surface area contributed by atoms with E-state index in [0.29, 0.717) is 11.7 Å². The van der Waals surface area contributed by atoms with Crippen molar-refractivity contribution < 1.29 is 4.21 Å². The maximum atomic E-state index is 12.3. The van der Waals surface area contributed by atoms with Crippen LogP contribution >= 0.6 is 0 Å². The van der Waals surface area contributed by atoms with E-state index >= 15 is 0 Å². The average Bonchev–Trinajstić information content (AvgIpc) is 2.59. The summed E-state index contributed by atoms with van der Waals surface area (Å²) in [6, 6.07) is 9.70. The van der Waals surface area contributed by atoms with E-state index in [1.165, 1.54) is 5.56 Å². The lowest BCUT2D eigenvalue weighted by Crippen LogP contribution is -2.34. The molecule has 2 aromatic rings. The molecule has 1 aliphatic rings. The number of aromatic nitrogens is 2. The van der Waals surface area contributed by atoms with Crippen LogP contribution in [0.15, 0.2) is 41.4 Å². The fourth-order valence-electron chi connectivity index (χ4n) is 2.74. The van der Waals surface area contributed by atoms with Gasteiger partial charge in [0, 0.05) is 42.4 Å². The van der Waals surface area contributed by atoms with E-state index in [0.717, 1.165) is 42.5 Å². The Hall–Kier alpha value is -1.59. The highest BCUT2D eigenvalue weighted by molar-refractivity contribution is 7.85. The fourth-order valence-corrected chi connectivity index (χ4v) is 3.86. The molecule has 0 unspecified atom stereocenters. The van der Waals surface area contributed by atoms with Gasteiger partial charge in [-0.15, -0.1) is 0 Å². The molecule has 3 rings (SSSR count). The summed E-state index contributed by atoms with van der Waals surface area (Å²) in [5.74, 6) is 1.93. The molecule has 23 heavy (non-hydrogen) atoms. The zero-order valence-corrected chi connectivity index (χ0v) is 14.6. The van der Waals surface area contributed by atoms with Gasteiger partial charge in [-0.05, 0) is 24.1 Å². The third kappa shape index (κ3) is 4.03. The van der Waals surface area contributed by atoms with E-state index < -0.39 is 10.8 Å². The summed E-state index contributed by atoms with van der Waals surface area (Å²) in [5.41, 5.74) is 2.40. The molecule has 1 aromatic carbocycles. The Bertz CT molecular complexity index is 688. The largest absolute Gasteiger partial charge is 0.296 e. The normalized spacial score (nSPS) is 16.3. The van der Waals surface area contributed by atoms with E-state index in [2.05, 4.69) is 23.7 Å². The summed E-state index contributed by atoms with van der Waals surface area (Å²) in [4.78, 5) is 12.4. The summed E-state index contributed by atoms with van der Waals surface area (Å²) in [7, 11) is -0.929. The topological polar surface area (TPSA) is 46.1 Å². The predicted octanol–water partition coefficient (Wildman–Crippen LogP) is 2.77. The Morgan fingerprint density at radius 2 is 2.04 bits per heavy atom. The van der Waals surface area contributed by atoms with Crippen LogP contribution in [0.2, 0.25) is 0 Å². The molecule has 0 saturated heterocycles. The van der Waals surface area contributed by atoms with Gasteiger partial charge >= 0.3 is 0 Å². The van der Waals surface area contributed by atoms with Gasteiger partial charge in [-0.1, -0.05) is 32.0 Å². The number of hydrogen-bond acceptors (Lipinski definition) is 4. The van der Waals surface area contributed by atoms with Crippen molar-refractivity contribution in [2.24, 2.45) is 0 Å². The molecule has 0 spiro atoms. The van der Waals surface area contributed by atoms with Crippen molar-refractivity contribution in [1.29, 1.82) is 0 Å². The number of hydrogen-bond donors (Lipinski definition) is 0. The standard InChI is InChI=1S/C18H23N3OS/c1-14(2)18-19-12-15-8-9-21(13-17(15)20-18)10-11-23(22)16-6-4-3-5-7-16/h3-7,12,14H,8-11,13H2,1-2H3/t23-/m1/s1. The maximum Gasteiger partial charge on any atom is 0.131 e. The Balaban J connectivity index is 1.61. The molecule has 0 radical (unpaired) electrons. The Morgan fingerprint density at radius 1 is 1.26 bits per heavy atom. The third-order valence-corrected chi connectivity index (χ3v) is 5.51. The van der Waals surface area contributed by atoms with Crippen LogP contribution in [0.1, 0.15) is 36.8 Å². The van der Waals surface area contributed by atoms with Crippen molar-refractivity contribution in [2.75, 3.05) is 18.8 Å². The molecule has 1 atom stereocenters. The summed E-state index contributed by atoms with van der Waals surface area (Å²) >= 11 is 0. The first-order valence-electron chi connectivity index (χ1n) is 8.14. The molecule has 0 aliphatic carbocycles. The molecule has 0 fully saturated rings. The first-order chi connectivity index (χ1) is 11.1. The minimum Gasteiger partial charge on any atom is -0.296 e. The Kier molecular flexibility index (Phi) is 5.18. The lowest BCUT2D eigenvalue weighted by Gasteiger charge is -2.28. The van der Waals surface area contributed by atoms with Gasteiger partial charge < -0.3 is 0 Å². The molecular formula is C18H23N3OS. The van der Waals surface area contributed by atoms with Crippen LogP contribution in [-0.4, -0.2) is 37.9 Å². The smallest absolute Gasteiger partial charge is 0.131 e. The number of benzene rings is 1. The van der Waals surface area contributed by atoms with Crippen LogP contribution in [0.5, 0.6) is 0 Å². The van der Waals surface area contributed by atoms with Crippen molar-refractivity contribution in [2.45, 2.75) is 37.6 Å². The summed E-state index contributed by atoms with van der Waals surface area (Å²) in [5, 5.41) is 0. The van der Waals surface area contributed by atoms with Gasteiger partial charge in [-0.2, -0.15) is 0 Å². The fraction of sp³-hybridized carbons (Fsp3) is 0.444. The lowest BCUT2D eigenvalue weighted by atomic mass is 10.1. The van der Waals surface area contributed by atoms with Gasteiger partial charge in [0.1, 0.15) is 5.82 Å². The van der Waals surface area contributed by atoms with Crippen LogP contribution in [0.25, 0.3) is 0 Å². The summed E-state index contributed by atoms with van der Waals surface area (Å²) in [6.07, 6.45) is 2.96. The minimum atomic E-state index is -0.929. The van der Waals surface area contributed by atoms with Crippen LogP contribution in [-0.2, 0) is 23.8 Å². The monoisotopic (exact) mass is 329 g/mol. The number of nitrogens with zero attached hydrogens (tertiary/aromatic N) is 3.